The van der Waals surface area contributed by atoms with Crippen LogP contribution in [0.15, 0.2) is 24.3 Å². The van der Waals surface area contributed by atoms with E-state index in [1.54, 1.807) is 18.2 Å². The zero-order valence-corrected chi connectivity index (χ0v) is 9.27. The van der Waals surface area contributed by atoms with Gasteiger partial charge in [-0.3, -0.25) is 0 Å². The molecule has 0 saturated heterocycles. The Morgan fingerprint density at radius 2 is 2.19 bits per heavy atom. The van der Waals surface area contributed by atoms with Crippen molar-refractivity contribution in [2.45, 2.75) is 25.6 Å². The number of ether oxygens (including phenoxy) is 2. The van der Waals surface area contributed by atoms with Gasteiger partial charge in [-0.1, -0.05) is 18.2 Å². The van der Waals surface area contributed by atoms with Gasteiger partial charge in [0.05, 0.1) is 6.10 Å². The molecule has 86 valence electrons. The number of hydrogen-bond acceptors (Lipinski definition) is 3. The lowest BCUT2D eigenvalue weighted by molar-refractivity contribution is -0.175. The van der Waals surface area contributed by atoms with Crippen LogP contribution < -0.4 is 4.74 Å². The van der Waals surface area contributed by atoms with Crippen LogP contribution in [-0.4, -0.2) is 23.8 Å². The second kappa shape index (κ2) is 3.79. The van der Waals surface area contributed by atoms with E-state index in [9.17, 15) is 9.90 Å². The van der Waals surface area contributed by atoms with Gasteiger partial charge in [-0.25, -0.2) is 4.79 Å². The third-order valence-corrected chi connectivity index (χ3v) is 2.54. The van der Waals surface area contributed by atoms with E-state index in [4.69, 9.17) is 9.47 Å². The van der Waals surface area contributed by atoms with E-state index >= 15 is 0 Å². The Hall–Kier alpha value is -1.55. The third-order valence-electron chi connectivity index (χ3n) is 2.54. The molecule has 1 unspecified atom stereocenters. The van der Waals surface area contributed by atoms with Crippen LogP contribution >= 0.6 is 0 Å². The molecule has 16 heavy (non-hydrogen) atoms. The number of benzene rings is 1. The molecule has 0 saturated carbocycles. The van der Waals surface area contributed by atoms with E-state index in [1.165, 1.54) is 0 Å². The van der Waals surface area contributed by atoms with Crippen molar-refractivity contribution in [1.29, 1.82) is 0 Å². The maximum atomic E-state index is 11.4. The molecule has 1 aliphatic rings. The van der Waals surface area contributed by atoms with Gasteiger partial charge in [0, 0.05) is 5.56 Å². The average Bonchev–Trinajstić information content (AvgIpc) is 2.58. The summed E-state index contributed by atoms with van der Waals surface area (Å²) in [6, 6.07) is 7.09. The van der Waals surface area contributed by atoms with E-state index in [1.807, 2.05) is 19.9 Å². The Morgan fingerprint density at radius 1 is 1.50 bits per heavy atom. The molecule has 1 aromatic rings. The molecule has 0 aliphatic carbocycles. The third kappa shape index (κ3) is 1.55. The van der Waals surface area contributed by atoms with Crippen LogP contribution in [0.4, 0.5) is 0 Å². The maximum Gasteiger partial charge on any atom is 0.344 e. The van der Waals surface area contributed by atoms with Crippen molar-refractivity contribution in [2.24, 2.45) is 0 Å². The molecule has 0 spiro atoms. The first-order valence-electron chi connectivity index (χ1n) is 5.20. The lowest BCUT2D eigenvalue weighted by Gasteiger charge is -2.25. The molecule has 1 atom stereocenters. The minimum absolute atomic E-state index is 0.0276. The van der Waals surface area contributed by atoms with E-state index in [0.717, 1.165) is 0 Å². The van der Waals surface area contributed by atoms with Crippen molar-refractivity contribution in [3.05, 3.63) is 29.8 Å². The zero-order chi connectivity index (χ0) is 11.8. The number of para-hydroxylation sites is 1. The summed E-state index contributed by atoms with van der Waals surface area (Å²) in [6.07, 6.45) is -0.175. The van der Waals surface area contributed by atoms with Crippen LogP contribution in [0, 0.1) is 0 Å². The molecule has 1 aliphatic heterocycles. The fraction of sp³-hybridized carbons (Fsp3) is 0.417. The predicted octanol–water partition coefficient (Wildman–Crippen LogP) is 1.78. The van der Waals surface area contributed by atoms with Crippen LogP contribution in [0.5, 0.6) is 5.75 Å². The molecule has 4 heteroatoms. The van der Waals surface area contributed by atoms with Crippen LogP contribution in [0.2, 0.25) is 0 Å². The smallest absolute Gasteiger partial charge is 0.344 e. The Balaban J connectivity index is 2.47. The zero-order valence-electron chi connectivity index (χ0n) is 9.27. The molecule has 0 radical (unpaired) electrons. The highest BCUT2D eigenvalue weighted by molar-refractivity contribution is 5.82. The lowest BCUT2D eigenvalue weighted by atomic mass is 9.95. The Morgan fingerprint density at radius 3 is 2.81 bits per heavy atom. The summed E-state index contributed by atoms with van der Waals surface area (Å²) in [5.74, 6) is -0.420. The van der Waals surface area contributed by atoms with Gasteiger partial charge in [-0.2, -0.15) is 0 Å². The van der Waals surface area contributed by atoms with Crippen molar-refractivity contribution >= 4 is 5.97 Å². The van der Waals surface area contributed by atoms with Crippen molar-refractivity contribution in [2.75, 3.05) is 6.61 Å². The molecule has 0 amide bonds. The number of aliphatic carboxylic acids is 1. The van der Waals surface area contributed by atoms with Crippen LogP contribution in [-0.2, 0) is 15.1 Å². The monoisotopic (exact) mass is 222 g/mol. The van der Waals surface area contributed by atoms with Crippen molar-refractivity contribution in [3.8, 4) is 5.75 Å². The predicted molar refractivity (Wildman–Crippen MR) is 57.5 cm³/mol. The van der Waals surface area contributed by atoms with Gasteiger partial charge in [0.2, 0.25) is 5.60 Å². The number of fused-ring (bicyclic) bond motifs is 1. The molecule has 4 nitrogen and oxygen atoms in total. The molecule has 1 aromatic carbocycles. The molecule has 1 N–H and O–H groups in total. The highest BCUT2D eigenvalue weighted by atomic mass is 16.6. The fourth-order valence-electron chi connectivity index (χ4n) is 1.91. The Bertz CT molecular complexity index is 413. The minimum atomic E-state index is -1.36. The SMILES string of the molecule is CC(C)OC1(C(=O)O)COc2ccccc21. The van der Waals surface area contributed by atoms with Crippen molar-refractivity contribution in [3.63, 3.8) is 0 Å². The van der Waals surface area contributed by atoms with E-state index in [0.29, 0.717) is 11.3 Å². The van der Waals surface area contributed by atoms with E-state index in [2.05, 4.69) is 0 Å². The van der Waals surface area contributed by atoms with Gasteiger partial charge in [0.15, 0.2) is 0 Å². The van der Waals surface area contributed by atoms with Crippen molar-refractivity contribution in [1.82, 2.24) is 0 Å². The van der Waals surface area contributed by atoms with Crippen LogP contribution in [0.1, 0.15) is 19.4 Å². The molecule has 0 fully saturated rings. The largest absolute Gasteiger partial charge is 0.489 e. The molecular formula is C12H14O4. The first-order valence-corrected chi connectivity index (χ1v) is 5.20. The normalized spacial score (nSPS) is 22.9. The second-order valence-corrected chi connectivity index (χ2v) is 4.08. The van der Waals surface area contributed by atoms with Gasteiger partial charge in [0.25, 0.3) is 0 Å². The summed E-state index contributed by atoms with van der Waals surface area (Å²) in [5.41, 5.74) is -0.763. The van der Waals surface area contributed by atoms with Crippen molar-refractivity contribution < 1.29 is 19.4 Å². The maximum absolute atomic E-state index is 11.4. The molecule has 1 heterocycles. The number of carbonyl (C=O) groups is 1. The lowest BCUT2D eigenvalue weighted by Crippen LogP contribution is -2.42. The highest BCUT2D eigenvalue weighted by Gasteiger charge is 2.49. The number of hydrogen-bond donors (Lipinski definition) is 1. The summed E-state index contributed by atoms with van der Waals surface area (Å²) in [7, 11) is 0. The first-order chi connectivity index (χ1) is 7.56. The van der Waals surface area contributed by atoms with Gasteiger partial charge >= 0.3 is 5.97 Å². The first kappa shape index (κ1) is 11.0. The summed E-state index contributed by atoms with van der Waals surface area (Å²) in [5, 5.41) is 9.35. The molecular weight excluding hydrogens is 208 g/mol. The van der Waals surface area contributed by atoms with Gasteiger partial charge < -0.3 is 14.6 Å². The molecule has 0 bridgehead atoms. The quantitative estimate of drug-likeness (QED) is 0.847. The Kier molecular flexibility index (Phi) is 2.59. The standard InChI is InChI=1S/C12H14O4/c1-8(2)16-12(11(13)14)7-15-10-6-4-3-5-9(10)12/h3-6,8H,7H2,1-2H3,(H,13,14). The second-order valence-electron chi connectivity index (χ2n) is 4.08. The van der Waals surface area contributed by atoms with E-state index in [-0.39, 0.29) is 12.7 Å². The van der Waals surface area contributed by atoms with Crippen LogP contribution in [0.25, 0.3) is 0 Å². The summed E-state index contributed by atoms with van der Waals surface area (Å²) < 4.78 is 10.9. The summed E-state index contributed by atoms with van der Waals surface area (Å²) in [6.45, 7) is 3.65. The molecule has 2 rings (SSSR count). The average molecular weight is 222 g/mol. The topological polar surface area (TPSA) is 55.8 Å². The van der Waals surface area contributed by atoms with Gasteiger partial charge in [-0.15, -0.1) is 0 Å². The minimum Gasteiger partial charge on any atom is -0.489 e. The number of rotatable bonds is 3. The fourth-order valence-corrected chi connectivity index (χ4v) is 1.91. The van der Waals surface area contributed by atoms with E-state index < -0.39 is 11.6 Å². The van der Waals surface area contributed by atoms with Crippen LogP contribution in [0.3, 0.4) is 0 Å². The van der Waals surface area contributed by atoms with Gasteiger partial charge in [-0.05, 0) is 19.9 Å². The number of carboxylic acid groups (broad SMARTS) is 1. The Labute approximate surface area is 93.8 Å². The summed E-state index contributed by atoms with van der Waals surface area (Å²) in [4.78, 5) is 11.4. The van der Waals surface area contributed by atoms with Gasteiger partial charge in [0.1, 0.15) is 12.4 Å². The molecule has 0 aromatic heterocycles. The summed E-state index contributed by atoms with van der Waals surface area (Å²) >= 11 is 0. The highest BCUT2D eigenvalue weighted by Crippen LogP contribution is 2.40. The number of carboxylic acids is 1.